The van der Waals surface area contributed by atoms with Gasteiger partial charge in [0.25, 0.3) is 0 Å². The Morgan fingerprint density at radius 2 is 2.50 bits per heavy atom. The molecule has 0 aromatic carbocycles. The fourth-order valence-electron chi connectivity index (χ4n) is 2.37. The van der Waals surface area contributed by atoms with Gasteiger partial charge in [0.1, 0.15) is 6.33 Å². The highest BCUT2D eigenvalue weighted by Gasteiger charge is 2.25. The summed E-state index contributed by atoms with van der Waals surface area (Å²) in [4.78, 5) is 6.75. The van der Waals surface area contributed by atoms with E-state index in [4.69, 9.17) is 0 Å². The number of rotatable bonds is 2. The number of hydrogen-bond donors (Lipinski definition) is 1. The number of nitrogens with zero attached hydrogens (tertiary/aromatic N) is 3. The summed E-state index contributed by atoms with van der Waals surface area (Å²) in [6.45, 7) is 5.59. The molecule has 2 aromatic heterocycles. The molecule has 0 radical (unpaired) electrons. The first-order valence-electron chi connectivity index (χ1n) is 5.80. The third-order valence-electron chi connectivity index (χ3n) is 3.03. The predicted octanol–water partition coefficient (Wildman–Crippen LogP) is 2.02. The summed E-state index contributed by atoms with van der Waals surface area (Å²) < 4.78 is 2.01. The van der Waals surface area contributed by atoms with Gasteiger partial charge in [0.05, 0.1) is 5.69 Å². The molecule has 86 valence electrons. The van der Waals surface area contributed by atoms with Crippen molar-refractivity contribution in [2.24, 2.45) is 5.92 Å². The molecule has 1 unspecified atom stereocenters. The van der Waals surface area contributed by atoms with Gasteiger partial charge in [0, 0.05) is 23.9 Å². The van der Waals surface area contributed by atoms with Crippen LogP contribution in [-0.4, -0.2) is 21.1 Å². The lowest BCUT2D eigenvalue weighted by atomic mass is 9.98. The highest BCUT2D eigenvalue weighted by Crippen LogP contribution is 2.33. The zero-order chi connectivity index (χ0) is 11.1. The molecule has 0 amide bonds. The normalized spacial score (nSPS) is 20.6. The molecule has 0 saturated heterocycles. The van der Waals surface area contributed by atoms with Crippen molar-refractivity contribution in [2.45, 2.75) is 32.7 Å². The number of nitrogens with one attached hydrogen (secondary N) is 1. The molecule has 0 bridgehead atoms. The second-order valence-corrected chi connectivity index (χ2v) is 5.76. The second-order valence-electron chi connectivity index (χ2n) is 4.75. The van der Waals surface area contributed by atoms with Crippen LogP contribution in [0.2, 0.25) is 0 Å². The maximum Gasteiger partial charge on any atom is 0.212 e. The van der Waals surface area contributed by atoms with Crippen molar-refractivity contribution in [2.75, 3.05) is 6.54 Å². The third kappa shape index (κ3) is 1.55. The molecule has 0 fully saturated rings. The molecule has 4 nitrogen and oxygen atoms in total. The molecule has 1 atom stereocenters. The Kier molecular flexibility index (Phi) is 2.44. The number of fused-ring (bicyclic) bond motifs is 3. The third-order valence-corrected chi connectivity index (χ3v) is 4.23. The highest BCUT2D eigenvalue weighted by molar-refractivity contribution is 7.17. The summed E-state index contributed by atoms with van der Waals surface area (Å²) >= 11 is 1.78. The molecule has 2 aromatic rings. The SMILES string of the molecule is CC(C)CC1NCCc2c1sc1ncnn21. The van der Waals surface area contributed by atoms with Gasteiger partial charge in [-0.1, -0.05) is 25.2 Å². The van der Waals surface area contributed by atoms with Crippen LogP contribution < -0.4 is 5.32 Å². The molecule has 5 heteroatoms. The summed E-state index contributed by atoms with van der Waals surface area (Å²) in [5.74, 6) is 0.714. The minimum Gasteiger partial charge on any atom is -0.309 e. The molecule has 0 aliphatic carbocycles. The van der Waals surface area contributed by atoms with Gasteiger partial charge in [-0.25, -0.2) is 9.50 Å². The maximum absolute atomic E-state index is 4.29. The quantitative estimate of drug-likeness (QED) is 0.867. The van der Waals surface area contributed by atoms with Crippen LogP contribution in [0.4, 0.5) is 0 Å². The van der Waals surface area contributed by atoms with Gasteiger partial charge in [0.15, 0.2) is 0 Å². The molecule has 1 aliphatic heterocycles. The van der Waals surface area contributed by atoms with Crippen LogP contribution in [0.5, 0.6) is 0 Å². The molecule has 1 N–H and O–H groups in total. The van der Waals surface area contributed by atoms with Gasteiger partial charge in [-0.3, -0.25) is 0 Å². The van der Waals surface area contributed by atoms with Gasteiger partial charge in [-0.15, -0.1) is 0 Å². The zero-order valence-electron chi connectivity index (χ0n) is 9.60. The minimum absolute atomic E-state index is 0.497. The van der Waals surface area contributed by atoms with Gasteiger partial charge in [-0.2, -0.15) is 5.10 Å². The van der Waals surface area contributed by atoms with Crippen LogP contribution in [0.3, 0.4) is 0 Å². The van der Waals surface area contributed by atoms with E-state index in [1.807, 2.05) is 4.52 Å². The van der Waals surface area contributed by atoms with Crippen molar-refractivity contribution in [3.63, 3.8) is 0 Å². The van der Waals surface area contributed by atoms with Crippen molar-refractivity contribution in [1.29, 1.82) is 0 Å². The molecule has 16 heavy (non-hydrogen) atoms. The molecular weight excluding hydrogens is 220 g/mol. The van der Waals surface area contributed by atoms with Crippen LogP contribution in [-0.2, 0) is 6.42 Å². The predicted molar refractivity (Wildman–Crippen MR) is 64.8 cm³/mol. The Labute approximate surface area is 98.7 Å². The lowest BCUT2D eigenvalue weighted by molar-refractivity contribution is 0.416. The van der Waals surface area contributed by atoms with Crippen molar-refractivity contribution >= 4 is 16.3 Å². The zero-order valence-corrected chi connectivity index (χ0v) is 10.4. The van der Waals surface area contributed by atoms with E-state index in [2.05, 4.69) is 29.2 Å². The monoisotopic (exact) mass is 236 g/mol. The molecule has 3 heterocycles. The molecular formula is C11H16N4S. The van der Waals surface area contributed by atoms with E-state index in [-0.39, 0.29) is 0 Å². The average molecular weight is 236 g/mol. The average Bonchev–Trinajstić information content (AvgIpc) is 2.77. The Bertz CT molecular complexity index is 499. The van der Waals surface area contributed by atoms with Gasteiger partial charge >= 0.3 is 0 Å². The van der Waals surface area contributed by atoms with Crippen LogP contribution in [0.1, 0.15) is 36.9 Å². The van der Waals surface area contributed by atoms with Crippen LogP contribution in [0, 0.1) is 5.92 Å². The van der Waals surface area contributed by atoms with Crippen molar-refractivity contribution < 1.29 is 0 Å². The van der Waals surface area contributed by atoms with E-state index < -0.39 is 0 Å². The molecule has 3 rings (SSSR count). The van der Waals surface area contributed by atoms with E-state index in [0.29, 0.717) is 12.0 Å². The topological polar surface area (TPSA) is 42.2 Å². The summed E-state index contributed by atoms with van der Waals surface area (Å²) in [6, 6.07) is 0.497. The van der Waals surface area contributed by atoms with E-state index >= 15 is 0 Å². The van der Waals surface area contributed by atoms with Gasteiger partial charge < -0.3 is 5.32 Å². The Morgan fingerprint density at radius 3 is 3.31 bits per heavy atom. The first kappa shape index (κ1) is 10.2. The molecule has 1 aliphatic rings. The number of aromatic nitrogens is 3. The van der Waals surface area contributed by atoms with Crippen molar-refractivity contribution in [1.82, 2.24) is 19.9 Å². The van der Waals surface area contributed by atoms with Gasteiger partial charge in [0.2, 0.25) is 4.96 Å². The Hall–Kier alpha value is -0.940. The summed E-state index contributed by atoms with van der Waals surface area (Å²) in [5.41, 5.74) is 1.36. The minimum atomic E-state index is 0.497. The summed E-state index contributed by atoms with van der Waals surface area (Å²) in [5, 5.41) is 7.89. The molecule has 0 spiro atoms. The van der Waals surface area contributed by atoms with Gasteiger partial charge in [-0.05, 0) is 12.3 Å². The van der Waals surface area contributed by atoms with E-state index in [1.165, 1.54) is 17.0 Å². The van der Waals surface area contributed by atoms with Crippen molar-refractivity contribution in [3.8, 4) is 0 Å². The fraction of sp³-hybridized carbons (Fsp3) is 0.636. The van der Waals surface area contributed by atoms with Crippen LogP contribution >= 0.6 is 11.3 Å². The largest absolute Gasteiger partial charge is 0.309 e. The molecule has 0 saturated carbocycles. The fourth-order valence-corrected chi connectivity index (χ4v) is 3.54. The Balaban J connectivity index is 2.03. The second kappa shape index (κ2) is 3.82. The maximum atomic E-state index is 4.29. The van der Waals surface area contributed by atoms with E-state index in [1.54, 1.807) is 17.7 Å². The number of hydrogen-bond acceptors (Lipinski definition) is 4. The smallest absolute Gasteiger partial charge is 0.212 e. The summed E-state index contributed by atoms with van der Waals surface area (Å²) in [7, 11) is 0. The number of thiazole rings is 1. The first-order valence-corrected chi connectivity index (χ1v) is 6.62. The van der Waals surface area contributed by atoms with Crippen LogP contribution in [0.25, 0.3) is 4.96 Å². The van der Waals surface area contributed by atoms with Crippen LogP contribution in [0.15, 0.2) is 6.33 Å². The van der Waals surface area contributed by atoms with E-state index in [9.17, 15) is 0 Å². The lowest BCUT2D eigenvalue weighted by Gasteiger charge is -2.24. The highest BCUT2D eigenvalue weighted by atomic mass is 32.1. The summed E-state index contributed by atoms with van der Waals surface area (Å²) in [6.07, 6.45) is 3.90. The lowest BCUT2D eigenvalue weighted by Crippen LogP contribution is -2.30. The van der Waals surface area contributed by atoms with Crippen molar-refractivity contribution in [3.05, 3.63) is 16.9 Å². The standard InChI is InChI=1S/C11H16N4S/c1-7(2)5-8-10-9(3-4-12-8)15-11(16-10)13-6-14-15/h6-8,12H,3-5H2,1-2H3. The Morgan fingerprint density at radius 1 is 1.62 bits per heavy atom. The van der Waals surface area contributed by atoms with E-state index in [0.717, 1.165) is 17.9 Å². The first-order chi connectivity index (χ1) is 7.75.